The zero-order chi connectivity index (χ0) is 44.7. The van der Waals surface area contributed by atoms with Crippen LogP contribution in [0.3, 0.4) is 0 Å². The smallest absolute Gasteiger partial charge is 0.323 e. The Bertz CT molecular complexity index is 2340. The molecular weight excluding hydrogens is 850 g/mol. The maximum atomic E-state index is 12.7. The van der Waals surface area contributed by atoms with E-state index in [2.05, 4.69) is 21.2 Å². The molecule has 340 valence electrons. The minimum atomic E-state index is -3.43. The average Bonchev–Trinajstić information content (AvgIpc) is 3.64. The number of aliphatic hydroxyl groups is 1. The summed E-state index contributed by atoms with van der Waals surface area (Å²) in [6, 6.07) is 15.2. The molecule has 63 heavy (non-hydrogen) atoms. The zero-order valence-electron chi connectivity index (χ0n) is 36.5. The third-order valence-corrected chi connectivity index (χ3v) is 13.5. The van der Waals surface area contributed by atoms with Crippen LogP contribution in [0.2, 0.25) is 5.02 Å². The number of nitrogens with one attached hydrogen (secondary N) is 1. The number of hydrogen-bond acceptors (Lipinski definition) is 14. The fourth-order valence-electron chi connectivity index (χ4n) is 8.62. The Labute approximate surface area is 375 Å². The maximum absolute atomic E-state index is 12.7. The lowest BCUT2D eigenvalue weighted by Crippen LogP contribution is -2.44. The Morgan fingerprint density at radius 1 is 1.03 bits per heavy atom. The molecule has 3 aromatic rings. The molecule has 4 aliphatic rings. The first-order valence-corrected chi connectivity index (χ1v) is 23.8. The van der Waals surface area contributed by atoms with Crippen molar-refractivity contribution in [3.63, 3.8) is 0 Å². The number of nitrogens with zero attached hydrogens (tertiary/aromatic N) is 2. The van der Waals surface area contributed by atoms with Crippen molar-refractivity contribution < 1.29 is 51.5 Å². The molecule has 14 nitrogen and oxygen atoms in total. The van der Waals surface area contributed by atoms with E-state index in [-0.39, 0.29) is 48.6 Å². The second-order valence-electron chi connectivity index (χ2n) is 16.8. The number of sulfone groups is 1. The van der Waals surface area contributed by atoms with Gasteiger partial charge in [0.05, 0.1) is 35.7 Å². The highest BCUT2D eigenvalue weighted by atomic mass is 35.5. The van der Waals surface area contributed by atoms with Crippen LogP contribution in [-0.4, -0.2) is 119 Å². The molecule has 7 rings (SSSR count). The van der Waals surface area contributed by atoms with Gasteiger partial charge in [0.1, 0.15) is 43.5 Å². The highest BCUT2D eigenvalue weighted by molar-refractivity contribution is 7.94. The van der Waals surface area contributed by atoms with Gasteiger partial charge < -0.3 is 43.7 Å². The number of rotatable bonds is 17. The monoisotopic (exact) mass is 907 g/mol. The number of esters is 2. The number of allylic oxidation sites excluding steroid dienone is 1. The van der Waals surface area contributed by atoms with E-state index in [0.29, 0.717) is 99.8 Å². The summed E-state index contributed by atoms with van der Waals surface area (Å²) in [5.41, 5.74) is 4.37. The van der Waals surface area contributed by atoms with Crippen molar-refractivity contribution in [2.45, 2.75) is 83.3 Å². The second kappa shape index (κ2) is 20.4. The van der Waals surface area contributed by atoms with Gasteiger partial charge in [0.15, 0.2) is 21.3 Å². The van der Waals surface area contributed by atoms with E-state index in [1.54, 1.807) is 19.1 Å². The van der Waals surface area contributed by atoms with E-state index in [4.69, 9.17) is 40.0 Å². The number of carbonyl (C=O) groups is 2. The number of methoxy groups -OCH3 is 1. The normalized spacial score (nSPS) is 21.5. The molecule has 2 N–H and O–H groups in total. The number of dihydropyridines is 1. The number of benzene rings is 3. The van der Waals surface area contributed by atoms with Gasteiger partial charge in [0.2, 0.25) is 0 Å². The third kappa shape index (κ3) is 11.7. The molecule has 0 amide bonds. The van der Waals surface area contributed by atoms with Gasteiger partial charge in [0.25, 0.3) is 0 Å². The molecule has 3 aromatic carbocycles. The molecule has 2 fully saturated rings. The number of carbonyl (C=O) groups excluding carboxylic acids is 2. The van der Waals surface area contributed by atoms with Gasteiger partial charge in [0, 0.05) is 63.2 Å². The lowest BCUT2D eigenvalue weighted by molar-refractivity contribution is -0.149. The van der Waals surface area contributed by atoms with Crippen LogP contribution in [-0.2, 0) is 42.1 Å². The SMILES string of the molecule is CCOC(=O)CC1(O)CCN(CCC2COc3ccc(-c4cccc(COc5cc(OCC6=CC(S(C)(=O)=O)=CNC6)c(CN6CCCC[C@H]6C(=O)OC)cc5Cl)c4C)cc3O2)C1. The van der Waals surface area contributed by atoms with Crippen LogP contribution in [0.4, 0.5) is 0 Å². The molecule has 0 aliphatic carbocycles. The lowest BCUT2D eigenvalue weighted by atomic mass is 9.96. The first-order chi connectivity index (χ1) is 30.2. The van der Waals surface area contributed by atoms with E-state index in [1.807, 2.05) is 43.3 Å². The van der Waals surface area contributed by atoms with Crippen LogP contribution in [0, 0.1) is 6.92 Å². The molecule has 0 saturated carbocycles. The van der Waals surface area contributed by atoms with Crippen molar-refractivity contribution in [2.24, 2.45) is 0 Å². The molecule has 4 aliphatic heterocycles. The number of fused-ring (bicyclic) bond motifs is 1. The highest BCUT2D eigenvalue weighted by Crippen LogP contribution is 2.39. The Morgan fingerprint density at radius 2 is 1.86 bits per heavy atom. The van der Waals surface area contributed by atoms with Crippen molar-refractivity contribution in [2.75, 3.05) is 65.9 Å². The summed E-state index contributed by atoms with van der Waals surface area (Å²) >= 11 is 6.93. The van der Waals surface area contributed by atoms with Crippen molar-refractivity contribution in [3.05, 3.63) is 93.0 Å². The van der Waals surface area contributed by atoms with Crippen molar-refractivity contribution in [3.8, 4) is 34.1 Å². The van der Waals surface area contributed by atoms with Gasteiger partial charge in [-0.05, 0) is 91.8 Å². The molecule has 2 unspecified atom stereocenters. The van der Waals surface area contributed by atoms with Crippen LogP contribution >= 0.6 is 11.6 Å². The molecule has 2 saturated heterocycles. The summed E-state index contributed by atoms with van der Waals surface area (Å²) < 4.78 is 60.1. The van der Waals surface area contributed by atoms with Gasteiger partial charge in [-0.15, -0.1) is 0 Å². The Hall–Kier alpha value is -4.80. The Morgan fingerprint density at radius 3 is 2.65 bits per heavy atom. The summed E-state index contributed by atoms with van der Waals surface area (Å²) in [4.78, 5) is 29.2. The molecule has 4 heterocycles. The maximum Gasteiger partial charge on any atom is 0.323 e. The van der Waals surface area contributed by atoms with Crippen LogP contribution in [0.25, 0.3) is 11.1 Å². The molecule has 0 radical (unpaired) electrons. The Kier molecular flexibility index (Phi) is 14.9. The number of piperidine rings is 1. The molecular formula is C47H58ClN3O11S. The number of β-amino-alcohol motifs (C(OH)–C–C–N with tert-alkyl or cyclic N) is 1. The predicted molar refractivity (Wildman–Crippen MR) is 239 cm³/mol. The van der Waals surface area contributed by atoms with E-state index in [1.165, 1.54) is 19.6 Å². The van der Waals surface area contributed by atoms with Crippen LogP contribution in [0.15, 0.2) is 71.3 Å². The lowest BCUT2D eigenvalue weighted by Gasteiger charge is -2.34. The standard InChI is InChI=1S/C47H58ClN3O11S/c1-5-58-45(52)23-47(54)15-18-50(30-47)17-14-36-29-61-41-13-12-33(21-44(41)62-36)38-10-8-9-34(31(38)2)28-60-43-22-42(59-27-32-19-37(25-49-24-32)63(4,55)56)35(20-39(43)48)26-51-16-7-6-11-40(51)46(53)57-3/h8-10,12-13,19-22,25,36,40,49,54H,5-7,11,14-18,23-24,26-30H2,1-4H3/t36?,40-,47?/m0/s1. The summed E-state index contributed by atoms with van der Waals surface area (Å²) in [6.45, 7) is 8.17. The summed E-state index contributed by atoms with van der Waals surface area (Å²) in [7, 11) is -2.02. The van der Waals surface area contributed by atoms with Crippen LogP contribution in [0.5, 0.6) is 23.0 Å². The van der Waals surface area contributed by atoms with Gasteiger partial charge in [-0.25, -0.2) is 8.42 Å². The van der Waals surface area contributed by atoms with Gasteiger partial charge in [-0.1, -0.05) is 42.3 Å². The fraction of sp³-hybridized carbons (Fsp3) is 0.489. The van der Waals surface area contributed by atoms with E-state index in [9.17, 15) is 23.1 Å². The average molecular weight is 909 g/mol. The fourth-order valence-corrected chi connectivity index (χ4v) is 9.54. The van der Waals surface area contributed by atoms with E-state index < -0.39 is 15.4 Å². The van der Waals surface area contributed by atoms with Crippen molar-refractivity contribution in [1.82, 2.24) is 15.1 Å². The first kappa shape index (κ1) is 46.2. The van der Waals surface area contributed by atoms with Crippen molar-refractivity contribution >= 4 is 33.4 Å². The summed E-state index contributed by atoms with van der Waals surface area (Å²) in [6.07, 6.45) is 7.87. The largest absolute Gasteiger partial charge is 0.489 e. The van der Waals surface area contributed by atoms with Crippen molar-refractivity contribution in [1.29, 1.82) is 0 Å². The van der Waals surface area contributed by atoms with Gasteiger partial charge >= 0.3 is 11.9 Å². The molecule has 3 atom stereocenters. The Balaban J connectivity index is 1.04. The van der Waals surface area contributed by atoms with Crippen LogP contribution < -0.4 is 24.3 Å². The molecule has 0 aromatic heterocycles. The predicted octanol–water partition coefficient (Wildman–Crippen LogP) is 6.14. The highest BCUT2D eigenvalue weighted by Gasteiger charge is 2.39. The summed E-state index contributed by atoms with van der Waals surface area (Å²) in [5.74, 6) is 1.61. The zero-order valence-corrected chi connectivity index (χ0v) is 38.0. The number of hydrogen-bond donors (Lipinski definition) is 2. The third-order valence-electron chi connectivity index (χ3n) is 12.1. The number of ether oxygens (including phenoxy) is 6. The van der Waals surface area contributed by atoms with Gasteiger partial charge in [-0.3, -0.25) is 14.5 Å². The molecule has 0 spiro atoms. The molecule has 16 heteroatoms. The van der Waals surface area contributed by atoms with Crippen LogP contribution in [0.1, 0.15) is 62.1 Å². The number of halogens is 1. The summed E-state index contributed by atoms with van der Waals surface area (Å²) in [5, 5.41) is 14.4. The van der Waals surface area contributed by atoms with E-state index >= 15 is 0 Å². The number of likely N-dealkylation sites (tertiary alicyclic amines) is 2. The van der Waals surface area contributed by atoms with Gasteiger partial charge in [-0.2, -0.15) is 0 Å². The topological polar surface area (TPSA) is 162 Å². The first-order valence-electron chi connectivity index (χ1n) is 21.6. The second-order valence-corrected chi connectivity index (χ2v) is 19.2. The quantitative estimate of drug-likeness (QED) is 0.149. The van der Waals surface area contributed by atoms with E-state index in [0.717, 1.165) is 46.2 Å². The molecule has 0 bridgehead atoms. The minimum Gasteiger partial charge on any atom is -0.489 e. The minimum absolute atomic E-state index is 0.00616.